The number of rotatable bonds is 5. The van der Waals surface area contributed by atoms with Crippen molar-refractivity contribution in [2.45, 2.75) is 20.8 Å². The van der Waals surface area contributed by atoms with E-state index in [0.717, 1.165) is 12.1 Å². The third-order valence-corrected chi connectivity index (χ3v) is 3.81. The molecule has 0 spiro atoms. The van der Waals surface area contributed by atoms with Crippen molar-refractivity contribution < 1.29 is 19.5 Å². The van der Waals surface area contributed by atoms with Crippen LogP contribution in [-0.2, 0) is 4.79 Å². The maximum atomic E-state index is 12.0. The molecule has 10 heteroatoms. The molecule has 0 N–H and O–H groups in total. The van der Waals surface area contributed by atoms with E-state index in [-0.39, 0.29) is 22.4 Å². The second kappa shape index (κ2) is 7.44. The standard InChI is InChI=1S/C16H14ClN3O6/c1-8(2)11-7-12(9(3)4-15(11)21)18-26-16-13(19(22)23)5-10(17)6-14(16)20(24)25/h4-8H,1-3H3/b18-12+. The van der Waals surface area contributed by atoms with Gasteiger partial charge >= 0.3 is 17.1 Å². The first-order valence-corrected chi connectivity index (χ1v) is 7.81. The fourth-order valence-corrected chi connectivity index (χ4v) is 2.47. The molecule has 0 aromatic heterocycles. The van der Waals surface area contributed by atoms with Crippen molar-refractivity contribution >= 4 is 34.5 Å². The summed E-state index contributed by atoms with van der Waals surface area (Å²) in [4.78, 5) is 37.7. The van der Waals surface area contributed by atoms with Crippen LogP contribution in [-0.4, -0.2) is 21.3 Å². The number of benzene rings is 1. The number of oxime groups is 1. The van der Waals surface area contributed by atoms with Crippen molar-refractivity contribution in [2.75, 3.05) is 0 Å². The highest BCUT2D eigenvalue weighted by atomic mass is 35.5. The number of halogens is 1. The van der Waals surface area contributed by atoms with Crippen molar-refractivity contribution in [3.8, 4) is 5.75 Å². The van der Waals surface area contributed by atoms with E-state index in [1.807, 2.05) is 13.8 Å². The van der Waals surface area contributed by atoms with Crippen LogP contribution >= 0.6 is 11.6 Å². The van der Waals surface area contributed by atoms with Crippen LogP contribution in [0, 0.1) is 26.1 Å². The monoisotopic (exact) mass is 379 g/mol. The van der Waals surface area contributed by atoms with Crippen molar-refractivity contribution in [3.63, 3.8) is 0 Å². The molecule has 1 aliphatic carbocycles. The van der Waals surface area contributed by atoms with Crippen LogP contribution in [0.1, 0.15) is 20.8 Å². The number of nitrogens with zero attached hydrogens (tertiary/aromatic N) is 3. The highest BCUT2D eigenvalue weighted by Crippen LogP contribution is 2.39. The van der Waals surface area contributed by atoms with E-state index >= 15 is 0 Å². The zero-order valence-electron chi connectivity index (χ0n) is 14.1. The maximum Gasteiger partial charge on any atom is 0.323 e. The van der Waals surface area contributed by atoms with Gasteiger partial charge in [0.1, 0.15) is 5.71 Å². The van der Waals surface area contributed by atoms with Gasteiger partial charge in [0, 0.05) is 17.7 Å². The first-order chi connectivity index (χ1) is 12.1. The van der Waals surface area contributed by atoms with Gasteiger partial charge in [-0.2, -0.15) is 0 Å². The van der Waals surface area contributed by atoms with Crippen LogP contribution in [0.25, 0.3) is 0 Å². The average molecular weight is 380 g/mol. The summed E-state index contributed by atoms with van der Waals surface area (Å²) in [7, 11) is 0. The summed E-state index contributed by atoms with van der Waals surface area (Å²) in [6, 6.07) is 1.87. The second-order valence-electron chi connectivity index (χ2n) is 5.80. The Morgan fingerprint density at radius 1 is 1.12 bits per heavy atom. The highest BCUT2D eigenvalue weighted by molar-refractivity contribution is 6.31. The quantitative estimate of drug-likeness (QED) is 0.432. The molecule has 136 valence electrons. The second-order valence-corrected chi connectivity index (χ2v) is 6.24. The van der Waals surface area contributed by atoms with Gasteiger partial charge in [-0.25, -0.2) is 0 Å². The molecule has 0 heterocycles. The van der Waals surface area contributed by atoms with Crippen LogP contribution in [0.15, 0.2) is 40.6 Å². The molecule has 1 aliphatic rings. The van der Waals surface area contributed by atoms with Gasteiger partial charge in [-0.15, -0.1) is 0 Å². The summed E-state index contributed by atoms with van der Waals surface area (Å²) >= 11 is 5.70. The predicted molar refractivity (Wildman–Crippen MR) is 94.5 cm³/mol. The van der Waals surface area contributed by atoms with Crippen molar-refractivity contribution in [3.05, 3.63) is 60.7 Å². The maximum absolute atomic E-state index is 12.0. The number of hydrogen-bond donors (Lipinski definition) is 0. The molecule has 1 aromatic rings. The van der Waals surface area contributed by atoms with Crippen LogP contribution < -0.4 is 4.84 Å². The van der Waals surface area contributed by atoms with Gasteiger partial charge in [0.15, 0.2) is 5.78 Å². The van der Waals surface area contributed by atoms with Crippen molar-refractivity contribution in [2.24, 2.45) is 11.1 Å². The molecule has 0 unspecified atom stereocenters. The smallest absolute Gasteiger partial charge is 0.323 e. The SMILES string of the molecule is CC1=CC(=O)C(C(C)C)=C/C1=N\Oc1c([N+](=O)[O-])cc(Cl)cc1[N+](=O)[O-]. The Labute approximate surface area is 152 Å². The summed E-state index contributed by atoms with van der Waals surface area (Å²) in [5.41, 5.74) is -0.172. The van der Waals surface area contributed by atoms with Crippen LogP contribution in [0.4, 0.5) is 11.4 Å². The Kier molecular flexibility index (Phi) is 5.51. The molecule has 0 saturated carbocycles. The number of carbonyl (C=O) groups excluding carboxylic acids is 1. The lowest BCUT2D eigenvalue weighted by molar-refractivity contribution is -0.396. The Morgan fingerprint density at radius 2 is 1.65 bits per heavy atom. The zero-order chi connectivity index (χ0) is 19.6. The van der Waals surface area contributed by atoms with Gasteiger partial charge in [-0.1, -0.05) is 30.6 Å². The number of hydrogen-bond acceptors (Lipinski definition) is 7. The molecule has 0 radical (unpaired) electrons. The number of ketones is 1. The Morgan fingerprint density at radius 3 is 2.12 bits per heavy atom. The number of allylic oxidation sites excluding steroid dienone is 4. The summed E-state index contributed by atoms with van der Waals surface area (Å²) in [6.07, 6.45) is 2.86. The van der Waals surface area contributed by atoms with Gasteiger partial charge < -0.3 is 4.84 Å². The van der Waals surface area contributed by atoms with Gasteiger partial charge in [0.2, 0.25) is 0 Å². The van der Waals surface area contributed by atoms with Crippen LogP contribution in [0.5, 0.6) is 5.75 Å². The lowest BCUT2D eigenvalue weighted by Gasteiger charge is -2.14. The number of carbonyl (C=O) groups is 1. The molecular formula is C16H14ClN3O6. The summed E-state index contributed by atoms with van der Waals surface area (Å²) in [6.45, 7) is 5.26. The van der Waals surface area contributed by atoms with E-state index in [0.29, 0.717) is 11.1 Å². The molecule has 0 aliphatic heterocycles. The van der Waals surface area contributed by atoms with Gasteiger partial charge in [0.25, 0.3) is 0 Å². The molecule has 1 aromatic carbocycles. The zero-order valence-corrected chi connectivity index (χ0v) is 14.8. The topological polar surface area (TPSA) is 125 Å². The van der Waals surface area contributed by atoms with E-state index in [2.05, 4.69) is 5.16 Å². The van der Waals surface area contributed by atoms with E-state index in [1.165, 1.54) is 12.2 Å². The minimum Gasteiger partial charge on any atom is -0.342 e. The molecule has 0 fully saturated rings. The molecular weight excluding hydrogens is 366 g/mol. The van der Waals surface area contributed by atoms with Crippen LogP contribution in [0.3, 0.4) is 0 Å². The van der Waals surface area contributed by atoms with Gasteiger partial charge in [-0.3, -0.25) is 25.0 Å². The molecule has 0 atom stereocenters. The largest absolute Gasteiger partial charge is 0.342 e. The molecule has 0 amide bonds. The fourth-order valence-electron chi connectivity index (χ4n) is 2.26. The number of nitro benzene ring substituents is 2. The average Bonchev–Trinajstić information content (AvgIpc) is 2.53. The minimum absolute atomic E-state index is 0.0729. The highest BCUT2D eigenvalue weighted by Gasteiger charge is 2.29. The van der Waals surface area contributed by atoms with Gasteiger partial charge in [0.05, 0.1) is 14.9 Å². The number of nitro groups is 2. The third-order valence-electron chi connectivity index (χ3n) is 3.59. The summed E-state index contributed by atoms with van der Waals surface area (Å²) < 4.78 is 0. The van der Waals surface area contributed by atoms with Gasteiger partial charge in [-0.05, 0) is 30.6 Å². The first-order valence-electron chi connectivity index (χ1n) is 7.43. The van der Waals surface area contributed by atoms with Crippen molar-refractivity contribution in [1.82, 2.24) is 0 Å². The summed E-state index contributed by atoms with van der Waals surface area (Å²) in [5, 5.41) is 26.0. The summed E-state index contributed by atoms with van der Waals surface area (Å²) in [5.74, 6) is -0.878. The molecule has 26 heavy (non-hydrogen) atoms. The Balaban J connectivity index is 2.53. The lowest BCUT2D eigenvalue weighted by Crippen LogP contribution is -2.16. The Hall–Kier alpha value is -3.07. The normalized spacial score (nSPS) is 15.7. The first kappa shape index (κ1) is 19.3. The van der Waals surface area contributed by atoms with E-state index in [9.17, 15) is 25.0 Å². The van der Waals surface area contributed by atoms with E-state index in [1.54, 1.807) is 6.92 Å². The van der Waals surface area contributed by atoms with E-state index < -0.39 is 27.0 Å². The molecule has 2 rings (SSSR count). The molecule has 0 saturated heterocycles. The molecule has 9 nitrogen and oxygen atoms in total. The van der Waals surface area contributed by atoms with Crippen LogP contribution in [0.2, 0.25) is 5.02 Å². The molecule has 0 bridgehead atoms. The third kappa shape index (κ3) is 3.94. The fraction of sp³-hybridized carbons (Fsp3) is 0.250. The Bertz CT molecular complexity index is 866. The van der Waals surface area contributed by atoms with E-state index in [4.69, 9.17) is 16.4 Å². The van der Waals surface area contributed by atoms with Crippen molar-refractivity contribution in [1.29, 1.82) is 0 Å². The lowest BCUT2D eigenvalue weighted by atomic mass is 9.90. The minimum atomic E-state index is -0.850. The predicted octanol–water partition coefficient (Wildman–Crippen LogP) is 4.00.